The van der Waals surface area contributed by atoms with Crippen molar-refractivity contribution in [2.75, 3.05) is 19.7 Å². The summed E-state index contributed by atoms with van der Waals surface area (Å²) in [5.74, 6) is 0.715. The van der Waals surface area contributed by atoms with Crippen LogP contribution < -0.4 is 5.32 Å². The number of ether oxygens (including phenoxy) is 1. The Morgan fingerprint density at radius 3 is 2.81 bits per heavy atom. The third-order valence-electron chi connectivity index (χ3n) is 3.34. The van der Waals surface area contributed by atoms with Gasteiger partial charge in [-0.3, -0.25) is 0 Å². The summed E-state index contributed by atoms with van der Waals surface area (Å²) in [6.45, 7) is 2.62. The topological polar surface area (TPSA) is 21.3 Å². The predicted octanol–water partition coefficient (Wildman–Crippen LogP) is 2.88. The fourth-order valence-electron chi connectivity index (χ4n) is 2.25. The molecule has 1 saturated heterocycles. The number of nitrogens with one attached hydrogen (secondary N) is 1. The Balaban J connectivity index is 1.81. The highest BCUT2D eigenvalue weighted by Gasteiger charge is 2.26. The van der Waals surface area contributed by atoms with Crippen molar-refractivity contribution in [2.24, 2.45) is 0 Å². The third kappa shape index (κ3) is 2.10. The van der Waals surface area contributed by atoms with Gasteiger partial charge in [0.1, 0.15) is 0 Å². The fraction of sp³-hybridized carbons (Fsp3) is 0.538. The molecule has 1 aromatic rings. The number of rotatable bonds is 2. The summed E-state index contributed by atoms with van der Waals surface area (Å²) in [4.78, 5) is 0. The molecule has 2 nitrogen and oxygen atoms in total. The summed E-state index contributed by atoms with van der Waals surface area (Å²) in [7, 11) is 0. The molecule has 1 aliphatic heterocycles. The SMILES string of the molecule is Clc1cc(C2CNCCO2)ccc1C1CC1. The summed E-state index contributed by atoms with van der Waals surface area (Å²) in [5, 5.41) is 4.25. The molecule has 0 amide bonds. The summed E-state index contributed by atoms with van der Waals surface area (Å²) >= 11 is 6.31. The second-order valence-electron chi connectivity index (χ2n) is 4.62. The van der Waals surface area contributed by atoms with Crippen LogP contribution in [0.1, 0.15) is 36.0 Å². The van der Waals surface area contributed by atoms with Crippen molar-refractivity contribution in [3.8, 4) is 0 Å². The Hall–Kier alpha value is -0.570. The van der Waals surface area contributed by atoms with Crippen LogP contribution in [0.25, 0.3) is 0 Å². The van der Waals surface area contributed by atoms with E-state index in [2.05, 4.69) is 23.5 Å². The van der Waals surface area contributed by atoms with Crippen LogP contribution in [0.4, 0.5) is 0 Å². The van der Waals surface area contributed by atoms with Gasteiger partial charge in [0, 0.05) is 18.1 Å². The standard InChI is InChI=1S/C13H16ClNO/c14-12-7-10(13-8-15-5-6-16-13)3-4-11(12)9-1-2-9/h3-4,7,9,13,15H,1-2,5-6,8H2. The third-order valence-corrected chi connectivity index (χ3v) is 3.67. The normalized spacial score (nSPS) is 25.7. The first-order valence-electron chi connectivity index (χ1n) is 5.96. The Morgan fingerprint density at radius 1 is 1.31 bits per heavy atom. The fourth-order valence-corrected chi connectivity index (χ4v) is 2.59. The van der Waals surface area contributed by atoms with E-state index < -0.39 is 0 Å². The Labute approximate surface area is 101 Å². The van der Waals surface area contributed by atoms with Gasteiger partial charge in [-0.2, -0.15) is 0 Å². The minimum absolute atomic E-state index is 0.166. The van der Waals surface area contributed by atoms with Crippen molar-refractivity contribution >= 4 is 11.6 Å². The lowest BCUT2D eigenvalue weighted by Gasteiger charge is -2.24. The molecule has 1 heterocycles. The monoisotopic (exact) mass is 237 g/mol. The molecule has 1 aromatic carbocycles. The van der Waals surface area contributed by atoms with Crippen LogP contribution in [0.3, 0.4) is 0 Å². The molecule has 1 atom stereocenters. The van der Waals surface area contributed by atoms with Gasteiger partial charge in [0.15, 0.2) is 0 Å². The molecule has 0 radical (unpaired) electrons. The van der Waals surface area contributed by atoms with E-state index in [9.17, 15) is 0 Å². The molecular formula is C13H16ClNO. The largest absolute Gasteiger partial charge is 0.371 e. The van der Waals surface area contributed by atoms with Crippen molar-refractivity contribution in [1.29, 1.82) is 0 Å². The maximum absolute atomic E-state index is 6.31. The molecule has 3 rings (SSSR count). The van der Waals surface area contributed by atoms with Crippen LogP contribution in [0.2, 0.25) is 5.02 Å². The van der Waals surface area contributed by atoms with Crippen molar-refractivity contribution in [2.45, 2.75) is 24.9 Å². The van der Waals surface area contributed by atoms with E-state index in [-0.39, 0.29) is 6.10 Å². The van der Waals surface area contributed by atoms with Crippen LogP contribution in [0, 0.1) is 0 Å². The van der Waals surface area contributed by atoms with Gasteiger partial charge < -0.3 is 10.1 Å². The number of hydrogen-bond donors (Lipinski definition) is 1. The zero-order chi connectivity index (χ0) is 11.0. The second kappa shape index (κ2) is 4.36. The molecule has 2 fully saturated rings. The molecule has 16 heavy (non-hydrogen) atoms. The van der Waals surface area contributed by atoms with Crippen LogP contribution in [0.15, 0.2) is 18.2 Å². The molecule has 1 unspecified atom stereocenters. The van der Waals surface area contributed by atoms with E-state index in [0.717, 1.165) is 24.7 Å². The van der Waals surface area contributed by atoms with Crippen molar-refractivity contribution in [3.05, 3.63) is 34.3 Å². The van der Waals surface area contributed by atoms with Gasteiger partial charge in [-0.25, -0.2) is 0 Å². The molecule has 1 aliphatic carbocycles. The lowest BCUT2D eigenvalue weighted by Crippen LogP contribution is -2.33. The lowest BCUT2D eigenvalue weighted by molar-refractivity contribution is 0.0277. The molecule has 1 saturated carbocycles. The maximum Gasteiger partial charge on any atom is 0.0950 e. The molecule has 86 valence electrons. The van der Waals surface area contributed by atoms with Gasteiger partial charge in [-0.1, -0.05) is 23.7 Å². The van der Waals surface area contributed by atoms with Crippen molar-refractivity contribution in [3.63, 3.8) is 0 Å². The molecule has 0 bridgehead atoms. The smallest absolute Gasteiger partial charge is 0.0950 e. The van der Waals surface area contributed by atoms with Crippen molar-refractivity contribution in [1.82, 2.24) is 5.32 Å². The van der Waals surface area contributed by atoms with E-state index in [0.29, 0.717) is 5.92 Å². The highest BCUT2D eigenvalue weighted by molar-refractivity contribution is 6.31. The molecule has 3 heteroatoms. The molecule has 0 spiro atoms. The van der Waals surface area contributed by atoms with Gasteiger partial charge in [0.2, 0.25) is 0 Å². The summed E-state index contributed by atoms with van der Waals surface area (Å²) in [6, 6.07) is 6.41. The first-order valence-corrected chi connectivity index (χ1v) is 6.34. The maximum atomic E-state index is 6.31. The zero-order valence-electron chi connectivity index (χ0n) is 9.21. The highest BCUT2D eigenvalue weighted by Crippen LogP contribution is 2.43. The molecule has 0 aromatic heterocycles. The van der Waals surface area contributed by atoms with Gasteiger partial charge >= 0.3 is 0 Å². The van der Waals surface area contributed by atoms with Crippen LogP contribution >= 0.6 is 11.6 Å². The number of hydrogen-bond acceptors (Lipinski definition) is 2. The predicted molar refractivity (Wildman–Crippen MR) is 65.0 cm³/mol. The van der Waals surface area contributed by atoms with Crippen LogP contribution in [-0.2, 0) is 4.74 Å². The van der Waals surface area contributed by atoms with E-state index in [4.69, 9.17) is 16.3 Å². The zero-order valence-corrected chi connectivity index (χ0v) is 9.96. The summed E-state index contributed by atoms with van der Waals surface area (Å²) < 4.78 is 5.71. The Bertz CT molecular complexity index is 384. The Morgan fingerprint density at radius 2 is 2.19 bits per heavy atom. The Kier molecular flexibility index (Phi) is 2.88. The quantitative estimate of drug-likeness (QED) is 0.854. The summed E-state index contributed by atoms with van der Waals surface area (Å²) in [5.41, 5.74) is 2.51. The second-order valence-corrected chi connectivity index (χ2v) is 5.03. The average molecular weight is 238 g/mol. The average Bonchev–Trinajstić information content (AvgIpc) is 3.14. The first kappa shape index (κ1) is 10.6. The highest BCUT2D eigenvalue weighted by atomic mass is 35.5. The lowest BCUT2D eigenvalue weighted by atomic mass is 10.0. The molecule has 2 aliphatic rings. The van der Waals surface area contributed by atoms with E-state index in [1.807, 2.05) is 0 Å². The van der Waals surface area contributed by atoms with Crippen molar-refractivity contribution < 1.29 is 4.74 Å². The number of morpholine rings is 1. The van der Waals surface area contributed by atoms with Gasteiger partial charge in [-0.05, 0) is 36.0 Å². The van der Waals surface area contributed by atoms with Gasteiger partial charge in [0.25, 0.3) is 0 Å². The van der Waals surface area contributed by atoms with Gasteiger partial charge in [-0.15, -0.1) is 0 Å². The van der Waals surface area contributed by atoms with Crippen LogP contribution in [0.5, 0.6) is 0 Å². The van der Waals surface area contributed by atoms with Gasteiger partial charge in [0.05, 0.1) is 12.7 Å². The van der Waals surface area contributed by atoms with E-state index in [1.54, 1.807) is 0 Å². The first-order chi connectivity index (χ1) is 7.84. The number of benzene rings is 1. The minimum Gasteiger partial charge on any atom is -0.371 e. The van der Waals surface area contributed by atoms with E-state index >= 15 is 0 Å². The van der Waals surface area contributed by atoms with E-state index in [1.165, 1.54) is 24.0 Å². The molecule has 1 N–H and O–H groups in total. The van der Waals surface area contributed by atoms with Crippen LogP contribution in [-0.4, -0.2) is 19.7 Å². The minimum atomic E-state index is 0.166. The number of halogens is 1. The summed E-state index contributed by atoms with van der Waals surface area (Å²) in [6.07, 6.45) is 2.75. The molecular weight excluding hydrogens is 222 g/mol.